The number of thioether (sulfide) groups is 1. The van der Waals surface area contributed by atoms with E-state index in [1.807, 2.05) is 13.0 Å². The number of benzene rings is 2. The van der Waals surface area contributed by atoms with Crippen LogP contribution in [0.25, 0.3) is 0 Å². The molecule has 1 heterocycles. The molecule has 0 atom stereocenters. The maximum Gasteiger partial charge on any atom is 0.255 e. The van der Waals surface area contributed by atoms with Gasteiger partial charge in [0.15, 0.2) is 5.16 Å². The van der Waals surface area contributed by atoms with Crippen molar-refractivity contribution < 1.29 is 13.9 Å². The van der Waals surface area contributed by atoms with E-state index in [4.69, 9.17) is 4.74 Å². The maximum absolute atomic E-state index is 13.0. The minimum absolute atomic E-state index is 0.0997. The molecular weight excluding hydrogens is 405 g/mol. The molecule has 0 aliphatic carbocycles. The van der Waals surface area contributed by atoms with Gasteiger partial charge in [0.1, 0.15) is 11.6 Å². The van der Waals surface area contributed by atoms with Crippen LogP contribution in [-0.2, 0) is 17.0 Å². The van der Waals surface area contributed by atoms with Gasteiger partial charge < -0.3 is 15.0 Å². The molecule has 0 aliphatic rings. The van der Waals surface area contributed by atoms with Crippen LogP contribution in [0.2, 0.25) is 0 Å². The van der Waals surface area contributed by atoms with Crippen molar-refractivity contribution in [3.05, 3.63) is 81.5 Å². The first kappa shape index (κ1) is 21.6. The smallest absolute Gasteiger partial charge is 0.255 e. The van der Waals surface area contributed by atoms with E-state index >= 15 is 0 Å². The topological polar surface area (TPSA) is 84.1 Å². The Morgan fingerprint density at radius 1 is 1.20 bits per heavy atom. The fraction of sp³-hybridized carbons (Fsp3) is 0.227. The van der Waals surface area contributed by atoms with Crippen LogP contribution >= 0.6 is 11.8 Å². The molecule has 0 spiro atoms. The summed E-state index contributed by atoms with van der Waals surface area (Å²) in [6.45, 7) is 4.05. The van der Waals surface area contributed by atoms with Gasteiger partial charge >= 0.3 is 0 Å². The second-order valence-electron chi connectivity index (χ2n) is 6.50. The molecule has 2 aromatic carbocycles. The second-order valence-corrected chi connectivity index (χ2v) is 7.47. The largest absolute Gasteiger partial charge is 0.492 e. The third-order valence-corrected chi connectivity index (χ3v) is 5.23. The summed E-state index contributed by atoms with van der Waals surface area (Å²) in [7, 11) is 0. The highest BCUT2D eigenvalue weighted by Crippen LogP contribution is 2.24. The highest BCUT2D eigenvalue weighted by atomic mass is 32.2. The standard InChI is InChI=1S/C22H22FN3O3S/c1-3-29-19-7-5-4-6-18(19)25-20(27)12-17-14(2)24-22(26-21(17)28)30-13-15-8-10-16(23)11-9-15/h4-11H,3,12-13H2,1-2H3,(H,25,27)(H,24,26,28). The van der Waals surface area contributed by atoms with E-state index in [0.717, 1.165) is 5.56 Å². The SMILES string of the molecule is CCOc1ccccc1NC(=O)Cc1c(C)nc(SCc2ccc(F)cc2)[nH]c1=O. The van der Waals surface area contributed by atoms with Gasteiger partial charge in [0.05, 0.1) is 18.7 Å². The van der Waals surface area contributed by atoms with Gasteiger partial charge in [-0.1, -0.05) is 36.0 Å². The van der Waals surface area contributed by atoms with Gasteiger partial charge in [-0.15, -0.1) is 0 Å². The normalized spacial score (nSPS) is 10.6. The number of ether oxygens (including phenoxy) is 1. The lowest BCUT2D eigenvalue weighted by atomic mass is 10.1. The van der Waals surface area contributed by atoms with Crippen molar-refractivity contribution in [2.45, 2.75) is 31.2 Å². The van der Waals surface area contributed by atoms with Crippen molar-refractivity contribution in [2.24, 2.45) is 0 Å². The molecule has 0 unspecified atom stereocenters. The van der Waals surface area contributed by atoms with Gasteiger partial charge in [0.2, 0.25) is 5.91 Å². The van der Waals surface area contributed by atoms with Crippen LogP contribution in [-0.4, -0.2) is 22.5 Å². The summed E-state index contributed by atoms with van der Waals surface area (Å²) in [4.78, 5) is 32.1. The van der Waals surface area contributed by atoms with Gasteiger partial charge in [-0.25, -0.2) is 9.37 Å². The number of nitrogens with zero attached hydrogens (tertiary/aromatic N) is 1. The Labute approximate surface area is 177 Å². The second kappa shape index (κ2) is 10.1. The number of amides is 1. The van der Waals surface area contributed by atoms with Crippen LogP contribution in [0.15, 0.2) is 58.5 Å². The molecule has 0 saturated heterocycles. The van der Waals surface area contributed by atoms with Gasteiger partial charge in [0.25, 0.3) is 5.56 Å². The highest BCUT2D eigenvalue weighted by Gasteiger charge is 2.14. The fourth-order valence-corrected chi connectivity index (χ4v) is 3.66. The molecule has 3 rings (SSSR count). The van der Waals surface area contributed by atoms with E-state index in [1.165, 1.54) is 23.9 Å². The number of rotatable bonds is 8. The number of anilines is 1. The van der Waals surface area contributed by atoms with E-state index in [1.54, 1.807) is 37.3 Å². The summed E-state index contributed by atoms with van der Waals surface area (Å²) in [5, 5.41) is 3.24. The molecule has 30 heavy (non-hydrogen) atoms. The molecule has 0 fully saturated rings. The van der Waals surface area contributed by atoms with Crippen molar-refractivity contribution in [2.75, 3.05) is 11.9 Å². The van der Waals surface area contributed by atoms with E-state index in [9.17, 15) is 14.0 Å². The monoisotopic (exact) mass is 427 g/mol. The Bertz CT molecular complexity index is 1080. The number of H-pyrrole nitrogens is 1. The minimum Gasteiger partial charge on any atom is -0.492 e. The number of halogens is 1. The van der Waals surface area contributed by atoms with E-state index < -0.39 is 0 Å². The number of carbonyl (C=O) groups excluding carboxylic acids is 1. The number of para-hydroxylation sites is 2. The first-order valence-electron chi connectivity index (χ1n) is 9.45. The Hall–Kier alpha value is -3.13. The highest BCUT2D eigenvalue weighted by molar-refractivity contribution is 7.98. The van der Waals surface area contributed by atoms with Gasteiger partial charge in [-0.3, -0.25) is 9.59 Å². The van der Waals surface area contributed by atoms with E-state index in [2.05, 4.69) is 15.3 Å². The summed E-state index contributed by atoms with van der Waals surface area (Å²) < 4.78 is 18.5. The molecule has 0 aliphatic heterocycles. The van der Waals surface area contributed by atoms with Crippen molar-refractivity contribution in [3.8, 4) is 5.75 Å². The van der Waals surface area contributed by atoms with Crippen LogP contribution < -0.4 is 15.6 Å². The molecule has 0 saturated carbocycles. The van der Waals surface area contributed by atoms with Crippen molar-refractivity contribution in [3.63, 3.8) is 0 Å². The Balaban J connectivity index is 1.67. The van der Waals surface area contributed by atoms with Crippen LogP contribution in [0.1, 0.15) is 23.7 Å². The van der Waals surface area contributed by atoms with Crippen molar-refractivity contribution >= 4 is 23.4 Å². The Kier molecular flexibility index (Phi) is 7.24. The fourth-order valence-electron chi connectivity index (χ4n) is 2.80. The number of aromatic nitrogens is 2. The molecule has 0 bridgehead atoms. The molecule has 2 N–H and O–H groups in total. The molecule has 1 amide bonds. The lowest BCUT2D eigenvalue weighted by Gasteiger charge is -2.12. The molecule has 6 nitrogen and oxygen atoms in total. The first-order chi connectivity index (χ1) is 14.5. The van der Waals surface area contributed by atoms with Crippen LogP contribution in [0.3, 0.4) is 0 Å². The first-order valence-corrected chi connectivity index (χ1v) is 10.4. The summed E-state index contributed by atoms with van der Waals surface area (Å²) in [6, 6.07) is 13.3. The molecule has 3 aromatic rings. The molecule has 1 aromatic heterocycles. The number of hydrogen-bond donors (Lipinski definition) is 2. The zero-order valence-electron chi connectivity index (χ0n) is 16.7. The predicted molar refractivity (Wildman–Crippen MR) is 116 cm³/mol. The van der Waals surface area contributed by atoms with Crippen molar-refractivity contribution in [1.29, 1.82) is 0 Å². The van der Waals surface area contributed by atoms with Gasteiger partial charge in [0, 0.05) is 17.0 Å². The van der Waals surface area contributed by atoms with Crippen LogP contribution in [0.5, 0.6) is 5.75 Å². The van der Waals surface area contributed by atoms with Crippen LogP contribution in [0, 0.1) is 12.7 Å². The quantitative estimate of drug-likeness (QED) is 0.418. The predicted octanol–water partition coefficient (Wildman–Crippen LogP) is 4.09. The zero-order chi connectivity index (χ0) is 21.5. The number of nitrogens with one attached hydrogen (secondary N) is 2. The van der Waals surface area contributed by atoms with Crippen molar-refractivity contribution in [1.82, 2.24) is 9.97 Å². The van der Waals surface area contributed by atoms with E-state index in [0.29, 0.717) is 40.2 Å². The molecular formula is C22H22FN3O3S. The lowest BCUT2D eigenvalue weighted by Crippen LogP contribution is -2.24. The number of aryl methyl sites for hydroxylation is 1. The summed E-state index contributed by atoms with van der Waals surface area (Å²) >= 11 is 1.34. The third kappa shape index (κ3) is 5.70. The third-order valence-electron chi connectivity index (χ3n) is 4.29. The number of aromatic amines is 1. The summed E-state index contributed by atoms with van der Waals surface area (Å²) in [6.07, 6.45) is -0.0997. The molecule has 156 valence electrons. The molecule has 0 radical (unpaired) electrons. The Morgan fingerprint density at radius 3 is 2.63 bits per heavy atom. The van der Waals surface area contributed by atoms with Gasteiger partial charge in [-0.2, -0.15) is 0 Å². The van der Waals surface area contributed by atoms with Crippen LogP contribution in [0.4, 0.5) is 10.1 Å². The van der Waals surface area contributed by atoms with E-state index in [-0.39, 0.29) is 23.7 Å². The number of carbonyl (C=O) groups is 1. The lowest BCUT2D eigenvalue weighted by molar-refractivity contribution is -0.115. The zero-order valence-corrected chi connectivity index (χ0v) is 17.5. The molecule has 8 heteroatoms. The average molecular weight is 428 g/mol. The summed E-state index contributed by atoms with van der Waals surface area (Å²) in [5.74, 6) is 0.489. The maximum atomic E-state index is 13.0. The minimum atomic E-state index is -0.350. The van der Waals surface area contributed by atoms with Gasteiger partial charge in [-0.05, 0) is 43.7 Å². The average Bonchev–Trinajstić information content (AvgIpc) is 2.72. The number of hydrogen-bond acceptors (Lipinski definition) is 5. The Morgan fingerprint density at radius 2 is 1.93 bits per heavy atom. The summed E-state index contributed by atoms with van der Waals surface area (Å²) in [5.41, 5.74) is 1.93.